The fraction of sp³-hybridized carbons (Fsp3) is 0.500. The van der Waals surface area contributed by atoms with Gasteiger partial charge in [-0.15, -0.1) is 0 Å². The van der Waals surface area contributed by atoms with Crippen LogP contribution in [0.1, 0.15) is 25.3 Å². The molecule has 104 valence electrons. The molecular formula is C14H19FN2O2. The van der Waals surface area contributed by atoms with Crippen molar-refractivity contribution >= 4 is 11.6 Å². The number of halogens is 1. The van der Waals surface area contributed by atoms with Crippen molar-refractivity contribution in [2.75, 3.05) is 18.0 Å². The lowest BCUT2D eigenvalue weighted by Gasteiger charge is -2.34. The second kappa shape index (κ2) is 6.02. The number of aliphatic hydroxyl groups excluding tert-OH is 1. The molecule has 19 heavy (non-hydrogen) atoms. The van der Waals surface area contributed by atoms with Gasteiger partial charge in [0.05, 0.1) is 6.61 Å². The lowest BCUT2D eigenvalue weighted by atomic mass is 10.0. The minimum atomic E-state index is -0.328. The molecular weight excluding hydrogens is 247 g/mol. The number of benzene rings is 1. The predicted molar refractivity (Wildman–Crippen MR) is 71.4 cm³/mol. The van der Waals surface area contributed by atoms with E-state index in [1.54, 1.807) is 0 Å². The van der Waals surface area contributed by atoms with E-state index in [0.717, 1.165) is 31.6 Å². The maximum absolute atomic E-state index is 13.4. The van der Waals surface area contributed by atoms with Crippen molar-refractivity contribution in [3.8, 4) is 0 Å². The van der Waals surface area contributed by atoms with Gasteiger partial charge in [0, 0.05) is 31.7 Å². The summed E-state index contributed by atoms with van der Waals surface area (Å²) in [7, 11) is 0. The Morgan fingerprint density at radius 1 is 1.42 bits per heavy atom. The van der Waals surface area contributed by atoms with Crippen LogP contribution in [0.25, 0.3) is 0 Å². The average Bonchev–Trinajstić information content (AvgIpc) is 2.38. The first-order valence-corrected chi connectivity index (χ1v) is 6.51. The molecule has 1 saturated heterocycles. The summed E-state index contributed by atoms with van der Waals surface area (Å²) in [5.74, 6) is -0.336. The zero-order chi connectivity index (χ0) is 13.8. The molecule has 1 fully saturated rings. The third-order valence-electron chi connectivity index (χ3n) is 3.39. The number of nitrogens with one attached hydrogen (secondary N) is 1. The summed E-state index contributed by atoms with van der Waals surface area (Å²) < 4.78 is 13.4. The molecule has 0 unspecified atom stereocenters. The number of amides is 1. The Morgan fingerprint density at radius 2 is 2.11 bits per heavy atom. The lowest BCUT2D eigenvalue weighted by Crippen LogP contribution is -2.44. The van der Waals surface area contributed by atoms with Crippen molar-refractivity contribution in [2.24, 2.45) is 0 Å². The summed E-state index contributed by atoms with van der Waals surface area (Å²) in [6, 6.07) is 4.84. The van der Waals surface area contributed by atoms with Crippen LogP contribution in [0.5, 0.6) is 0 Å². The van der Waals surface area contributed by atoms with Gasteiger partial charge in [-0.05, 0) is 36.6 Å². The molecule has 0 saturated carbocycles. The second-order valence-corrected chi connectivity index (χ2v) is 4.94. The van der Waals surface area contributed by atoms with Crippen molar-refractivity contribution in [3.63, 3.8) is 0 Å². The highest BCUT2D eigenvalue weighted by molar-refractivity contribution is 5.73. The third-order valence-corrected chi connectivity index (χ3v) is 3.39. The topological polar surface area (TPSA) is 52.6 Å². The normalized spacial score (nSPS) is 16.5. The Bertz CT molecular complexity index is 457. The summed E-state index contributed by atoms with van der Waals surface area (Å²) in [6.07, 6.45) is 1.70. The highest BCUT2D eigenvalue weighted by Crippen LogP contribution is 2.22. The van der Waals surface area contributed by atoms with Crippen LogP contribution >= 0.6 is 0 Å². The molecule has 1 amide bonds. The maximum Gasteiger partial charge on any atom is 0.217 e. The molecule has 1 aromatic carbocycles. The minimum Gasteiger partial charge on any atom is -0.392 e. The van der Waals surface area contributed by atoms with Gasteiger partial charge in [0.2, 0.25) is 5.91 Å². The van der Waals surface area contributed by atoms with Crippen LogP contribution < -0.4 is 10.2 Å². The molecule has 5 heteroatoms. The number of nitrogens with zero attached hydrogens (tertiary/aromatic N) is 1. The number of hydrogen-bond donors (Lipinski definition) is 2. The molecule has 0 radical (unpaired) electrons. The van der Waals surface area contributed by atoms with Crippen molar-refractivity contribution in [1.29, 1.82) is 0 Å². The highest BCUT2D eigenvalue weighted by atomic mass is 19.1. The number of rotatable bonds is 3. The van der Waals surface area contributed by atoms with Crippen molar-refractivity contribution in [2.45, 2.75) is 32.4 Å². The molecule has 1 heterocycles. The summed E-state index contributed by atoms with van der Waals surface area (Å²) in [5.41, 5.74) is 1.38. The molecule has 2 rings (SSSR count). The molecule has 1 aliphatic heterocycles. The van der Waals surface area contributed by atoms with Gasteiger partial charge in [0.1, 0.15) is 5.82 Å². The Labute approximate surface area is 112 Å². The number of carbonyl (C=O) groups is 1. The SMILES string of the molecule is CC(=O)NC1CCN(c2cc(F)cc(CO)c2)CC1. The highest BCUT2D eigenvalue weighted by Gasteiger charge is 2.20. The van der Waals surface area contributed by atoms with E-state index in [4.69, 9.17) is 5.11 Å². The van der Waals surface area contributed by atoms with Gasteiger partial charge in [0.15, 0.2) is 0 Å². The lowest BCUT2D eigenvalue weighted by molar-refractivity contribution is -0.119. The van der Waals surface area contributed by atoms with Gasteiger partial charge in [0.25, 0.3) is 0 Å². The van der Waals surface area contributed by atoms with E-state index in [-0.39, 0.29) is 24.4 Å². The van der Waals surface area contributed by atoms with E-state index in [2.05, 4.69) is 10.2 Å². The predicted octanol–water partition coefficient (Wildman–Crippen LogP) is 1.42. The van der Waals surface area contributed by atoms with Gasteiger partial charge in [-0.25, -0.2) is 4.39 Å². The largest absolute Gasteiger partial charge is 0.392 e. The molecule has 0 atom stereocenters. The second-order valence-electron chi connectivity index (χ2n) is 4.94. The van der Waals surface area contributed by atoms with Crippen molar-refractivity contribution in [1.82, 2.24) is 5.32 Å². The molecule has 1 aromatic rings. The van der Waals surface area contributed by atoms with E-state index in [0.29, 0.717) is 5.56 Å². The monoisotopic (exact) mass is 266 g/mol. The molecule has 4 nitrogen and oxygen atoms in total. The number of aliphatic hydroxyl groups is 1. The zero-order valence-corrected chi connectivity index (χ0v) is 11.0. The van der Waals surface area contributed by atoms with Crippen LogP contribution in [-0.2, 0) is 11.4 Å². The molecule has 1 aliphatic rings. The number of carbonyl (C=O) groups excluding carboxylic acids is 1. The summed E-state index contributed by atoms with van der Waals surface area (Å²) in [5, 5.41) is 12.0. The van der Waals surface area contributed by atoms with E-state index < -0.39 is 0 Å². The zero-order valence-electron chi connectivity index (χ0n) is 11.0. The molecule has 0 aromatic heterocycles. The van der Waals surface area contributed by atoms with Crippen LogP contribution in [-0.4, -0.2) is 30.1 Å². The van der Waals surface area contributed by atoms with E-state index in [9.17, 15) is 9.18 Å². The van der Waals surface area contributed by atoms with Gasteiger partial charge in [-0.3, -0.25) is 4.79 Å². The first-order chi connectivity index (χ1) is 9.08. The van der Waals surface area contributed by atoms with E-state index in [1.165, 1.54) is 19.1 Å². The standard InChI is InChI=1S/C14H19FN2O2/c1-10(19)16-13-2-4-17(5-3-13)14-7-11(9-18)6-12(15)8-14/h6-8,13,18H,2-5,9H2,1H3,(H,16,19). The Kier molecular flexibility index (Phi) is 4.37. The van der Waals surface area contributed by atoms with Crippen molar-refractivity contribution < 1.29 is 14.3 Å². The molecule has 0 aliphatic carbocycles. The third kappa shape index (κ3) is 3.67. The van der Waals surface area contributed by atoms with Crippen LogP contribution in [0.15, 0.2) is 18.2 Å². The quantitative estimate of drug-likeness (QED) is 0.870. The van der Waals surface area contributed by atoms with Crippen molar-refractivity contribution in [3.05, 3.63) is 29.6 Å². The number of anilines is 1. The van der Waals surface area contributed by atoms with Gasteiger partial charge in [-0.1, -0.05) is 0 Å². The average molecular weight is 266 g/mol. The fourth-order valence-electron chi connectivity index (χ4n) is 2.48. The van der Waals surface area contributed by atoms with Gasteiger partial charge < -0.3 is 15.3 Å². The first-order valence-electron chi connectivity index (χ1n) is 6.51. The summed E-state index contributed by atoms with van der Waals surface area (Å²) in [4.78, 5) is 13.1. The Balaban J connectivity index is 2.01. The Morgan fingerprint density at radius 3 is 2.68 bits per heavy atom. The first kappa shape index (κ1) is 13.8. The molecule has 0 bridgehead atoms. The van der Waals surface area contributed by atoms with Gasteiger partial charge >= 0.3 is 0 Å². The molecule has 2 N–H and O–H groups in total. The summed E-state index contributed by atoms with van der Waals surface area (Å²) in [6.45, 7) is 2.91. The fourth-order valence-corrected chi connectivity index (χ4v) is 2.48. The number of piperidine rings is 1. The van der Waals surface area contributed by atoms with Crippen LogP contribution in [0.4, 0.5) is 10.1 Å². The minimum absolute atomic E-state index is 0.00762. The summed E-state index contributed by atoms with van der Waals surface area (Å²) >= 11 is 0. The van der Waals surface area contributed by atoms with E-state index >= 15 is 0 Å². The smallest absolute Gasteiger partial charge is 0.217 e. The van der Waals surface area contributed by atoms with Crippen LogP contribution in [0.3, 0.4) is 0 Å². The number of hydrogen-bond acceptors (Lipinski definition) is 3. The van der Waals surface area contributed by atoms with Gasteiger partial charge in [-0.2, -0.15) is 0 Å². The van der Waals surface area contributed by atoms with Crippen LogP contribution in [0, 0.1) is 5.82 Å². The molecule has 0 spiro atoms. The van der Waals surface area contributed by atoms with E-state index in [1.807, 2.05) is 6.07 Å². The Hall–Kier alpha value is -1.62. The van der Waals surface area contributed by atoms with Crippen LogP contribution in [0.2, 0.25) is 0 Å². The maximum atomic E-state index is 13.4.